The second-order valence-electron chi connectivity index (χ2n) is 9.71. The molecule has 0 radical (unpaired) electrons. The highest BCUT2D eigenvalue weighted by Crippen LogP contribution is 2.38. The normalized spacial score (nSPS) is 19.1. The molecular weight excluding hydrogens is 463 g/mol. The maximum atomic E-state index is 13.7. The van der Waals surface area contributed by atoms with Crippen molar-refractivity contribution in [3.8, 4) is 0 Å². The van der Waals surface area contributed by atoms with E-state index in [0.29, 0.717) is 44.6 Å². The molecule has 1 unspecified atom stereocenters. The molecule has 2 heterocycles. The number of halogens is 1. The monoisotopic (exact) mass is 496 g/mol. The van der Waals surface area contributed by atoms with Crippen LogP contribution in [0.25, 0.3) is 0 Å². The summed E-state index contributed by atoms with van der Waals surface area (Å²) >= 11 is 0. The molecule has 9 heteroatoms. The minimum Gasteiger partial charge on any atom is -0.353 e. The molecule has 4 rings (SSSR count). The van der Waals surface area contributed by atoms with Gasteiger partial charge in [-0.1, -0.05) is 17.7 Å². The number of nitrogens with zero attached hydrogens (tertiary/aromatic N) is 3. The van der Waals surface area contributed by atoms with Gasteiger partial charge in [-0.05, 0) is 57.4 Å². The van der Waals surface area contributed by atoms with Gasteiger partial charge in [0.15, 0.2) is 0 Å². The molecule has 0 aliphatic carbocycles. The number of hydrogen-bond donors (Lipinski definition) is 1. The van der Waals surface area contributed by atoms with E-state index in [1.165, 1.54) is 29.2 Å². The summed E-state index contributed by atoms with van der Waals surface area (Å²) in [6.45, 7) is 3.89. The molecule has 2 aliphatic rings. The molecule has 36 heavy (non-hydrogen) atoms. The van der Waals surface area contributed by atoms with Gasteiger partial charge in [-0.25, -0.2) is 4.39 Å². The van der Waals surface area contributed by atoms with E-state index in [2.05, 4.69) is 5.32 Å². The van der Waals surface area contributed by atoms with Gasteiger partial charge >= 0.3 is 0 Å². The number of rotatable bonds is 6. The van der Waals surface area contributed by atoms with Gasteiger partial charge in [0.05, 0.1) is 6.61 Å². The van der Waals surface area contributed by atoms with Crippen molar-refractivity contribution in [2.24, 2.45) is 0 Å². The van der Waals surface area contributed by atoms with Crippen molar-refractivity contribution in [3.05, 3.63) is 71.0 Å². The molecule has 8 nitrogen and oxygen atoms in total. The molecular formula is C27H33FN4O4. The molecule has 0 aromatic heterocycles. The molecule has 1 atom stereocenters. The quantitative estimate of drug-likeness (QED) is 0.664. The van der Waals surface area contributed by atoms with Crippen molar-refractivity contribution in [1.29, 1.82) is 0 Å². The van der Waals surface area contributed by atoms with E-state index in [-0.39, 0.29) is 24.0 Å². The van der Waals surface area contributed by atoms with Crippen LogP contribution in [0.2, 0.25) is 0 Å². The number of nitrogens with one attached hydrogen (secondary N) is 1. The van der Waals surface area contributed by atoms with Gasteiger partial charge in [0, 0.05) is 50.1 Å². The number of piperidine rings is 1. The number of ether oxygens (including phenoxy) is 1. The molecule has 1 spiro atoms. The Labute approximate surface area is 211 Å². The Morgan fingerprint density at radius 2 is 1.58 bits per heavy atom. The Hall–Kier alpha value is -3.30. The van der Waals surface area contributed by atoms with Crippen molar-refractivity contribution in [2.75, 3.05) is 46.9 Å². The van der Waals surface area contributed by atoms with Crippen LogP contribution >= 0.6 is 0 Å². The van der Waals surface area contributed by atoms with E-state index in [1.54, 1.807) is 4.90 Å². The summed E-state index contributed by atoms with van der Waals surface area (Å²) < 4.78 is 19.7. The van der Waals surface area contributed by atoms with E-state index in [1.807, 2.05) is 50.2 Å². The van der Waals surface area contributed by atoms with Crippen LogP contribution in [0.1, 0.15) is 39.1 Å². The van der Waals surface area contributed by atoms with Crippen LogP contribution in [0, 0.1) is 12.7 Å². The standard InChI is InChI=1S/C27H33FN4O4/c1-19-4-6-20(7-5-19)25(34)31-15-12-27(13-16-31)32(26(35)21-8-10-22(28)11-9-21)23(18-36-27)24(33)29-14-17-30(2)3/h4-11,23H,12-18H2,1-3H3,(H,29,33). The summed E-state index contributed by atoms with van der Waals surface area (Å²) in [5.74, 6) is -1.20. The van der Waals surface area contributed by atoms with Gasteiger partial charge in [-0.2, -0.15) is 0 Å². The predicted molar refractivity (Wildman–Crippen MR) is 133 cm³/mol. The van der Waals surface area contributed by atoms with Crippen LogP contribution < -0.4 is 5.32 Å². The number of hydrogen-bond acceptors (Lipinski definition) is 5. The van der Waals surface area contributed by atoms with Gasteiger partial charge < -0.3 is 19.9 Å². The minimum absolute atomic E-state index is 0.0621. The summed E-state index contributed by atoms with van der Waals surface area (Å²) in [5.41, 5.74) is 0.958. The van der Waals surface area contributed by atoms with E-state index >= 15 is 0 Å². The van der Waals surface area contributed by atoms with Gasteiger partial charge in [-0.3, -0.25) is 19.3 Å². The van der Waals surface area contributed by atoms with Crippen LogP contribution in [0.5, 0.6) is 0 Å². The fraction of sp³-hybridized carbons (Fsp3) is 0.444. The summed E-state index contributed by atoms with van der Waals surface area (Å²) in [6.07, 6.45) is 0.748. The number of amides is 3. The van der Waals surface area contributed by atoms with Crippen LogP contribution in [-0.2, 0) is 9.53 Å². The van der Waals surface area contributed by atoms with Crippen LogP contribution in [0.15, 0.2) is 48.5 Å². The first kappa shape index (κ1) is 25.8. The lowest BCUT2D eigenvalue weighted by Crippen LogP contribution is -2.60. The van der Waals surface area contributed by atoms with E-state index in [9.17, 15) is 18.8 Å². The second kappa shape index (κ2) is 10.8. The number of carbonyl (C=O) groups excluding carboxylic acids is 3. The van der Waals surface area contributed by atoms with Gasteiger partial charge in [0.25, 0.3) is 11.8 Å². The van der Waals surface area contributed by atoms with Gasteiger partial charge in [0.2, 0.25) is 5.91 Å². The Balaban J connectivity index is 1.54. The maximum Gasteiger partial charge on any atom is 0.256 e. The summed E-state index contributed by atoms with van der Waals surface area (Å²) in [4.78, 5) is 45.0. The maximum absolute atomic E-state index is 13.7. The largest absolute Gasteiger partial charge is 0.353 e. The molecule has 2 fully saturated rings. The van der Waals surface area contributed by atoms with Crippen molar-refractivity contribution in [2.45, 2.75) is 31.5 Å². The number of carbonyl (C=O) groups is 3. The van der Waals surface area contributed by atoms with Crippen LogP contribution in [0.4, 0.5) is 4.39 Å². The fourth-order valence-corrected chi connectivity index (χ4v) is 4.76. The van der Waals surface area contributed by atoms with Crippen molar-refractivity contribution in [3.63, 3.8) is 0 Å². The molecule has 0 bridgehead atoms. The number of benzene rings is 2. The molecule has 2 aromatic carbocycles. The lowest BCUT2D eigenvalue weighted by Gasteiger charge is -2.44. The average molecular weight is 497 g/mol. The van der Waals surface area contributed by atoms with Gasteiger partial charge in [0.1, 0.15) is 17.6 Å². The first-order valence-electron chi connectivity index (χ1n) is 12.2. The average Bonchev–Trinajstić information content (AvgIpc) is 3.23. The van der Waals surface area contributed by atoms with Crippen molar-refractivity contribution >= 4 is 17.7 Å². The molecule has 1 N–H and O–H groups in total. The fourth-order valence-electron chi connectivity index (χ4n) is 4.76. The molecule has 0 saturated carbocycles. The Morgan fingerprint density at radius 3 is 2.19 bits per heavy atom. The molecule has 2 aromatic rings. The van der Waals surface area contributed by atoms with Crippen LogP contribution in [-0.4, -0.2) is 91.1 Å². The highest BCUT2D eigenvalue weighted by molar-refractivity contribution is 5.98. The zero-order valence-electron chi connectivity index (χ0n) is 21.0. The number of likely N-dealkylation sites (tertiary alicyclic amines) is 1. The smallest absolute Gasteiger partial charge is 0.256 e. The second-order valence-corrected chi connectivity index (χ2v) is 9.71. The number of likely N-dealkylation sites (N-methyl/N-ethyl adjacent to an activating group) is 1. The first-order valence-corrected chi connectivity index (χ1v) is 12.2. The third-order valence-corrected chi connectivity index (χ3v) is 6.86. The van der Waals surface area contributed by atoms with E-state index in [4.69, 9.17) is 4.74 Å². The lowest BCUT2D eigenvalue weighted by molar-refractivity contribution is -0.128. The third-order valence-electron chi connectivity index (χ3n) is 6.86. The van der Waals surface area contributed by atoms with Crippen molar-refractivity contribution < 1.29 is 23.5 Å². The number of aryl methyl sites for hydroxylation is 1. The molecule has 192 valence electrons. The van der Waals surface area contributed by atoms with E-state index < -0.39 is 23.5 Å². The van der Waals surface area contributed by atoms with E-state index in [0.717, 1.165) is 5.56 Å². The molecule has 2 saturated heterocycles. The Kier molecular flexibility index (Phi) is 7.70. The zero-order chi connectivity index (χ0) is 25.9. The summed E-state index contributed by atoms with van der Waals surface area (Å²) in [6, 6.07) is 11.9. The van der Waals surface area contributed by atoms with Crippen LogP contribution in [0.3, 0.4) is 0 Å². The highest BCUT2D eigenvalue weighted by atomic mass is 19.1. The Bertz CT molecular complexity index is 1100. The minimum atomic E-state index is -1.01. The lowest BCUT2D eigenvalue weighted by atomic mass is 9.96. The molecule has 3 amide bonds. The third kappa shape index (κ3) is 5.42. The zero-order valence-corrected chi connectivity index (χ0v) is 21.0. The van der Waals surface area contributed by atoms with Crippen molar-refractivity contribution in [1.82, 2.24) is 20.0 Å². The Morgan fingerprint density at radius 1 is 1.00 bits per heavy atom. The first-order chi connectivity index (χ1) is 17.2. The summed E-state index contributed by atoms with van der Waals surface area (Å²) in [7, 11) is 3.83. The highest BCUT2D eigenvalue weighted by Gasteiger charge is 2.54. The van der Waals surface area contributed by atoms with Gasteiger partial charge in [-0.15, -0.1) is 0 Å². The predicted octanol–water partition coefficient (Wildman–Crippen LogP) is 2.29. The molecule has 2 aliphatic heterocycles. The topological polar surface area (TPSA) is 82.2 Å². The SMILES string of the molecule is Cc1ccc(C(=O)N2CCC3(CC2)OCC(C(=O)NCCN(C)C)N3C(=O)c2ccc(F)cc2)cc1. The summed E-state index contributed by atoms with van der Waals surface area (Å²) in [5, 5.41) is 2.90.